The van der Waals surface area contributed by atoms with Gasteiger partial charge >= 0.3 is 5.97 Å². The molecule has 1 aromatic carbocycles. The van der Waals surface area contributed by atoms with Gasteiger partial charge in [0.15, 0.2) is 5.78 Å². The van der Waals surface area contributed by atoms with E-state index in [2.05, 4.69) is 5.32 Å². The molecule has 1 N–H and O–H groups in total. The molecule has 2 aliphatic rings. The number of carbonyl (C=O) groups excluding carboxylic acids is 2. The summed E-state index contributed by atoms with van der Waals surface area (Å²) in [6.45, 7) is 5.85. The number of hydrogen-bond donors (Lipinski definition) is 1. The summed E-state index contributed by atoms with van der Waals surface area (Å²) in [4.78, 5) is 36.6. The maximum absolute atomic E-state index is 13.2. The van der Waals surface area contributed by atoms with E-state index in [-0.39, 0.29) is 16.9 Å². The van der Waals surface area contributed by atoms with Gasteiger partial charge in [0.05, 0.1) is 23.5 Å². The maximum Gasteiger partial charge on any atom is 0.336 e. The molecule has 2 aromatic rings. The number of dihydropyridines is 1. The van der Waals surface area contributed by atoms with E-state index in [1.54, 1.807) is 31.2 Å². The highest BCUT2D eigenvalue weighted by Gasteiger charge is 2.44. The number of nitro groups is 1. The molecule has 8 heteroatoms. The molecule has 166 valence electrons. The van der Waals surface area contributed by atoms with E-state index < -0.39 is 16.8 Å². The van der Waals surface area contributed by atoms with Crippen molar-refractivity contribution in [1.29, 1.82) is 0 Å². The fraction of sp³-hybridized carbons (Fsp3) is 0.333. The number of rotatable bonds is 4. The third-order valence-electron chi connectivity index (χ3n) is 5.90. The Labute approximate surface area is 185 Å². The number of methoxy groups -OCH3 is 1. The van der Waals surface area contributed by atoms with Gasteiger partial charge < -0.3 is 14.5 Å². The van der Waals surface area contributed by atoms with Crippen molar-refractivity contribution >= 4 is 17.4 Å². The number of ether oxygens (including phenoxy) is 1. The number of furan rings is 1. The summed E-state index contributed by atoms with van der Waals surface area (Å²) in [6, 6.07) is 9.51. The predicted molar refractivity (Wildman–Crippen MR) is 116 cm³/mol. The average molecular weight is 436 g/mol. The molecule has 0 spiro atoms. The Morgan fingerprint density at radius 1 is 1.25 bits per heavy atom. The highest BCUT2D eigenvalue weighted by Crippen LogP contribution is 2.47. The van der Waals surface area contributed by atoms with Gasteiger partial charge in [-0.25, -0.2) is 4.79 Å². The number of non-ortho nitro benzene ring substituents is 1. The number of hydrogen-bond acceptors (Lipinski definition) is 7. The summed E-state index contributed by atoms with van der Waals surface area (Å²) in [5.41, 5.74) is 2.50. The van der Waals surface area contributed by atoms with Gasteiger partial charge in [-0.2, -0.15) is 0 Å². The van der Waals surface area contributed by atoms with Crippen LogP contribution >= 0.6 is 0 Å². The number of nitrogens with one attached hydrogen (secondary N) is 1. The first-order valence-electron chi connectivity index (χ1n) is 10.3. The molecule has 1 aromatic heterocycles. The van der Waals surface area contributed by atoms with Gasteiger partial charge in [-0.3, -0.25) is 14.9 Å². The summed E-state index contributed by atoms with van der Waals surface area (Å²) in [7, 11) is 1.30. The van der Waals surface area contributed by atoms with Crippen LogP contribution in [0.2, 0.25) is 0 Å². The van der Waals surface area contributed by atoms with Crippen molar-refractivity contribution in [2.75, 3.05) is 7.11 Å². The van der Waals surface area contributed by atoms with Crippen LogP contribution < -0.4 is 5.32 Å². The van der Waals surface area contributed by atoms with Crippen LogP contribution in [0.15, 0.2) is 63.4 Å². The Morgan fingerprint density at radius 3 is 2.69 bits per heavy atom. The van der Waals surface area contributed by atoms with Crippen LogP contribution in [0.4, 0.5) is 5.69 Å². The number of Topliss-reactive ketones (excluding diaryl/α,β-unsaturated/α-hetero) is 1. The zero-order valence-corrected chi connectivity index (χ0v) is 18.4. The van der Waals surface area contributed by atoms with Crippen LogP contribution in [0.5, 0.6) is 0 Å². The Bertz CT molecular complexity index is 1200. The molecular weight excluding hydrogens is 412 g/mol. The summed E-state index contributed by atoms with van der Waals surface area (Å²) in [6.07, 6.45) is 1.02. The Kier molecular flexibility index (Phi) is 5.24. The molecule has 1 aliphatic carbocycles. The van der Waals surface area contributed by atoms with Gasteiger partial charge in [0.2, 0.25) is 0 Å². The van der Waals surface area contributed by atoms with Crippen molar-refractivity contribution in [2.24, 2.45) is 5.41 Å². The van der Waals surface area contributed by atoms with Crippen LogP contribution in [0.3, 0.4) is 0 Å². The minimum atomic E-state index is -0.713. The predicted octanol–water partition coefficient (Wildman–Crippen LogP) is 4.63. The van der Waals surface area contributed by atoms with Crippen molar-refractivity contribution in [3.63, 3.8) is 0 Å². The molecule has 0 amide bonds. The van der Waals surface area contributed by atoms with Crippen molar-refractivity contribution in [3.8, 4) is 11.3 Å². The van der Waals surface area contributed by atoms with E-state index in [9.17, 15) is 19.7 Å². The van der Waals surface area contributed by atoms with Gasteiger partial charge in [0.25, 0.3) is 5.69 Å². The van der Waals surface area contributed by atoms with Crippen LogP contribution in [0, 0.1) is 15.5 Å². The van der Waals surface area contributed by atoms with E-state index >= 15 is 0 Å². The molecule has 4 rings (SSSR count). The number of esters is 1. The minimum Gasteiger partial charge on any atom is -0.466 e. The second kappa shape index (κ2) is 7.78. The van der Waals surface area contributed by atoms with E-state index in [1.165, 1.54) is 19.2 Å². The molecule has 0 radical (unpaired) electrons. The molecule has 1 aliphatic heterocycles. The number of carbonyl (C=O) groups is 2. The SMILES string of the molecule is COC(=O)C1=C(C)NC2=C(C(=O)CC(C)(C)C2)C1c1ccc(-c2cccc([N+](=O)[O-])c2)o1. The third-order valence-corrected chi connectivity index (χ3v) is 5.90. The number of ketones is 1. The molecule has 1 unspecified atom stereocenters. The quantitative estimate of drug-likeness (QED) is 0.422. The van der Waals surface area contributed by atoms with E-state index in [0.29, 0.717) is 46.8 Å². The monoisotopic (exact) mass is 436 g/mol. The normalized spacial score (nSPS) is 20.0. The second-order valence-corrected chi connectivity index (χ2v) is 8.93. The summed E-state index contributed by atoms with van der Waals surface area (Å²) >= 11 is 0. The zero-order valence-electron chi connectivity index (χ0n) is 18.4. The van der Waals surface area contributed by atoms with E-state index in [1.807, 2.05) is 13.8 Å². The molecule has 1 atom stereocenters. The molecule has 32 heavy (non-hydrogen) atoms. The lowest BCUT2D eigenvalue weighted by molar-refractivity contribution is -0.384. The molecule has 8 nitrogen and oxygen atoms in total. The summed E-state index contributed by atoms with van der Waals surface area (Å²) in [5, 5.41) is 14.4. The van der Waals surface area contributed by atoms with Crippen LogP contribution in [-0.4, -0.2) is 23.8 Å². The van der Waals surface area contributed by atoms with E-state index in [0.717, 1.165) is 5.70 Å². The van der Waals surface area contributed by atoms with Gasteiger partial charge in [-0.15, -0.1) is 0 Å². The highest BCUT2D eigenvalue weighted by atomic mass is 16.6. The van der Waals surface area contributed by atoms with Crippen molar-refractivity contribution in [2.45, 2.75) is 39.5 Å². The lowest BCUT2D eigenvalue weighted by atomic mass is 9.69. The number of nitro benzene ring substituents is 1. The zero-order chi connectivity index (χ0) is 23.2. The maximum atomic E-state index is 13.2. The first-order valence-corrected chi connectivity index (χ1v) is 10.3. The van der Waals surface area contributed by atoms with Crippen molar-refractivity contribution in [3.05, 3.63) is 74.8 Å². The number of benzene rings is 1. The van der Waals surface area contributed by atoms with Crippen molar-refractivity contribution < 1.29 is 23.7 Å². The molecule has 2 heterocycles. The molecule has 0 saturated carbocycles. The third kappa shape index (κ3) is 3.72. The van der Waals surface area contributed by atoms with Gasteiger partial charge in [-0.05, 0) is 30.9 Å². The first-order chi connectivity index (χ1) is 15.1. The fourth-order valence-corrected chi connectivity index (χ4v) is 4.54. The summed E-state index contributed by atoms with van der Waals surface area (Å²) in [5.74, 6) is -0.480. The minimum absolute atomic E-state index is 0.0454. The Balaban J connectivity index is 1.83. The molecule has 0 bridgehead atoms. The summed E-state index contributed by atoms with van der Waals surface area (Å²) < 4.78 is 11.1. The van der Waals surface area contributed by atoms with Crippen LogP contribution in [0.1, 0.15) is 45.3 Å². The van der Waals surface area contributed by atoms with Gasteiger partial charge in [0, 0.05) is 41.1 Å². The molecular formula is C24H24N2O6. The first kappa shape index (κ1) is 21.5. The van der Waals surface area contributed by atoms with Crippen LogP contribution in [-0.2, 0) is 14.3 Å². The Hall–Kier alpha value is -3.68. The largest absolute Gasteiger partial charge is 0.466 e. The number of allylic oxidation sites excluding steroid dienone is 3. The van der Waals surface area contributed by atoms with E-state index in [4.69, 9.17) is 9.15 Å². The second-order valence-electron chi connectivity index (χ2n) is 8.93. The van der Waals surface area contributed by atoms with Crippen molar-refractivity contribution in [1.82, 2.24) is 5.32 Å². The Morgan fingerprint density at radius 2 is 2.00 bits per heavy atom. The lowest BCUT2D eigenvalue weighted by Crippen LogP contribution is -2.38. The average Bonchev–Trinajstić information content (AvgIpc) is 3.21. The molecule has 0 saturated heterocycles. The van der Waals surface area contributed by atoms with Gasteiger partial charge in [0.1, 0.15) is 11.5 Å². The molecule has 0 fully saturated rings. The number of nitrogens with zero attached hydrogens (tertiary/aromatic N) is 1. The highest BCUT2D eigenvalue weighted by molar-refractivity contribution is 6.04. The standard InChI is InChI=1S/C24H24N2O6/c1-13-20(23(28)31-4)22(21-16(25-13)11-24(2,3)12-17(21)27)19-9-8-18(32-19)14-6-5-7-15(10-14)26(29)30/h5-10,22,25H,11-12H2,1-4H3. The van der Waals surface area contributed by atoms with Crippen LogP contribution in [0.25, 0.3) is 11.3 Å². The fourth-order valence-electron chi connectivity index (χ4n) is 4.54. The smallest absolute Gasteiger partial charge is 0.336 e. The lowest BCUT2D eigenvalue weighted by Gasteiger charge is -2.38. The topological polar surface area (TPSA) is 112 Å². The van der Waals surface area contributed by atoms with Gasteiger partial charge in [-0.1, -0.05) is 26.0 Å².